The summed E-state index contributed by atoms with van der Waals surface area (Å²) in [7, 11) is 0. The van der Waals surface area contributed by atoms with Gasteiger partial charge in [0, 0.05) is 29.6 Å². The summed E-state index contributed by atoms with van der Waals surface area (Å²) in [5, 5.41) is 5.47. The number of carbonyl (C=O) groups is 4. The topological polar surface area (TPSA) is 111 Å². The van der Waals surface area contributed by atoms with Crippen LogP contribution in [0, 0.1) is 13.8 Å². The summed E-state index contributed by atoms with van der Waals surface area (Å²) in [4.78, 5) is 53.4. The number of ketones is 2. The number of aromatic amines is 1. The molecule has 0 aliphatic rings. The molecule has 2 amide bonds. The molecule has 0 fully saturated rings. The molecule has 0 aliphatic carbocycles. The van der Waals surface area contributed by atoms with Gasteiger partial charge in [0.25, 0.3) is 0 Å². The van der Waals surface area contributed by atoms with E-state index >= 15 is 0 Å². The molecule has 0 radical (unpaired) electrons. The normalized spacial score (nSPS) is 11.8. The van der Waals surface area contributed by atoms with Gasteiger partial charge >= 0.3 is 0 Å². The minimum atomic E-state index is -0.547. The lowest BCUT2D eigenvalue weighted by Gasteiger charge is -2.26. The van der Waals surface area contributed by atoms with Crippen molar-refractivity contribution in [2.24, 2.45) is 0 Å². The second-order valence-corrected chi connectivity index (χ2v) is 7.59. The lowest BCUT2D eigenvalue weighted by Crippen LogP contribution is -2.43. The molecule has 1 aromatic heterocycles. The van der Waals surface area contributed by atoms with Crippen LogP contribution in [-0.2, 0) is 9.59 Å². The maximum absolute atomic E-state index is 13.1. The second kappa shape index (κ2) is 10.2. The number of H-pyrrole nitrogens is 1. The summed E-state index contributed by atoms with van der Waals surface area (Å²) in [6, 6.07) is 6.24. The van der Waals surface area contributed by atoms with Crippen molar-refractivity contribution < 1.29 is 19.2 Å². The maximum Gasteiger partial charge on any atom is 0.238 e. The lowest BCUT2D eigenvalue weighted by molar-refractivity contribution is -0.117. The van der Waals surface area contributed by atoms with E-state index in [1.54, 1.807) is 49.9 Å². The monoisotopic (exact) mass is 426 g/mol. The van der Waals surface area contributed by atoms with Crippen LogP contribution in [0.15, 0.2) is 24.3 Å². The number of aryl methyl sites for hydroxylation is 1. The number of rotatable bonds is 9. The standard InChI is InChI=1S/C23H30N4O4/c1-7-27(12-20(30)26-19-10-8-18(9-11-19)25-17(6)29)15(4)23(31)22-13(2)21(16(5)28)14(3)24-22/h8-11,15,24H,7,12H2,1-6H3,(H,25,29)(H,26,30)/t15-/m0/s1. The number of hydrogen-bond acceptors (Lipinski definition) is 5. The Kier molecular flexibility index (Phi) is 7.88. The summed E-state index contributed by atoms with van der Waals surface area (Å²) in [6.07, 6.45) is 0. The molecule has 31 heavy (non-hydrogen) atoms. The Morgan fingerprint density at radius 1 is 1.00 bits per heavy atom. The average Bonchev–Trinajstić information content (AvgIpc) is 3.00. The van der Waals surface area contributed by atoms with E-state index in [9.17, 15) is 19.2 Å². The SMILES string of the molecule is CCN(CC(=O)Nc1ccc(NC(C)=O)cc1)[C@@H](C)C(=O)c1[nH]c(C)c(C(C)=O)c1C. The Morgan fingerprint density at radius 3 is 2.00 bits per heavy atom. The fourth-order valence-electron chi connectivity index (χ4n) is 3.65. The fraction of sp³-hybridized carbons (Fsp3) is 0.391. The van der Waals surface area contributed by atoms with Crippen LogP contribution in [0.1, 0.15) is 59.8 Å². The Hall–Kier alpha value is -3.26. The predicted octanol–water partition coefficient (Wildman–Crippen LogP) is 3.32. The number of aromatic nitrogens is 1. The zero-order chi connectivity index (χ0) is 23.3. The number of Topliss-reactive ketones (excluding diaryl/α,β-unsaturated/α-hetero) is 2. The van der Waals surface area contributed by atoms with E-state index in [1.165, 1.54) is 13.8 Å². The van der Waals surface area contributed by atoms with Gasteiger partial charge in [-0.2, -0.15) is 0 Å². The molecule has 1 heterocycles. The van der Waals surface area contributed by atoms with Crippen molar-refractivity contribution in [3.05, 3.63) is 46.8 Å². The van der Waals surface area contributed by atoms with Gasteiger partial charge in [0.15, 0.2) is 11.6 Å². The number of nitrogens with one attached hydrogen (secondary N) is 3. The Balaban J connectivity index is 2.07. The smallest absolute Gasteiger partial charge is 0.238 e. The Labute approximate surface area is 182 Å². The molecule has 0 saturated heterocycles. The molecule has 0 unspecified atom stereocenters. The molecule has 0 spiro atoms. The number of benzene rings is 1. The van der Waals surface area contributed by atoms with Crippen LogP contribution in [0.5, 0.6) is 0 Å². The van der Waals surface area contributed by atoms with Crippen LogP contribution in [-0.4, -0.2) is 52.4 Å². The zero-order valence-electron chi connectivity index (χ0n) is 18.9. The number of anilines is 2. The van der Waals surface area contributed by atoms with E-state index in [1.807, 2.05) is 6.92 Å². The number of likely N-dealkylation sites (N-methyl/N-ethyl adjacent to an activating group) is 1. The highest BCUT2D eigenvalue weighted by Crippen LogP contribution is 2.21. The molecule has 8 nitrogen and oxygen atoms in total. The number of nitrogens with zero attached hydrogens (tertiary/aromatic N) is 1. The highest BCUT2D eigenvalue weighted by atomic mass is 16.2. The van der Waals surface area contributed by atoms with Gasteiger partial charge < -0.3 is 15.6 Å². The van der Waals surface area contributed by atoms with Gasteiger partial charge in [-0.25, -0.2) is 0 Å². The second-order valence-electron chi connectivity index (χ2n) is 7.59. The summed E-state index contributed by atoms with van der Waals surface area (Å²) in [6.45, 7) is 10.6. The molecule has 2 rings (SSSR count). The average molecular weight is 427 g/mol. The van der Waals surface area contributed by atoms with Crippen molar-refractivity contribution in [3.8, 4) is 0 Å². The molecule has 2 aromatic rings. The third kappa shape index (κ3) is 5.88. The fourth-order valence-corrected chi connectivity index (χ4v) is 3.65. The summed E-state index contributed by atoms with van der Waals surface area (Å²) < 4.78 is 0. The van der Waals surface area contributed by atoms with Crippen LogP contribution < -0.4 is 10.6 Å². The first kappa shape index (κ1) is 24.0. The van der Waals surface area contributed by atoms with Crippen LogP contribution >= 0.6 is 0 Å². The molecule has 0 saturated carbocycles. The largest absolute Gasteiger partial charge is 0.355 e. The van der Waals surface area contributed by atoms with Gasteiger partial charge in [-0.15, -0.1) is 0 Å². The Morgan fingerprint density at radius 2 is 1.55 bits per heavy atom. The van der Waals surface area contributed by atoms with Crippen molar-refractivity contribution in [2.45, 2.75) is 47.6 Å². The quantitative estimate of drug-likeness (QED) is 0.533. The molecule has 8 heteroatoms. The summed E-state index contributed by atoms with van der Waals surface area (Å²) >= 11 is 0. The molecule has 3 N–H and O–H groups in total. The van der Waals surface area contributed by atoms with E-state index in [0.717, 1.165) is 0 Å². The molecular weight excluding hydrogens is 396 g/mol. The summed E-state index contributed by atoms with van der Waals surface area (Å²) in [5.74, 6) is -0.675. The molecule has 0 aliphatic heterocycles. The van der Waals surface area contributed by atoms with Crippen LogP contribution in [0.4, 0.5) is 11.4 Å². The molecule has 1 atom stereocenters. The molecule has 1 aromatic carbocycles. The van der Waals surface area contributed by atoms with Gasteiger partial charge in [-0.3, -0.25) is 24.1 Å². The van der Waals surface area contributed by atoms with E-state index in [0.29, 0.717) is 40.4 Å². The van der Waals surface area contributed by atoms with Crippen LogP contribution in [0.2, 0.25) is 0 Å². The van der Waals surface area contributed by atoms with E-state index in [-0.39, 0.29) is 29.9 Å². The van der Waals surface area contributed by atoms with Crippen molar-refractivity contribution in [1.82, 2.24) is 9.88 Å². The highest BCUT2D eigenvalue weighted by Gasteiger charge is 2.27. The minimum Gasteiger partial charge on any atom is -0.355 e. The Bertz CT molecular complexity index is 992. The first-order chi connectivity index (χ1) is 14.5. The van der Waals surface area contributed by atoms with Gasteiger partial charge in [0.2, 0.25) is 11.8 Å². The highest BCUT2D eigenvalue weighted by molar-refractivity contribution is 6.05. The number of amides is 2. The third-order valence-electron chi connectivity index (χ3n) is 5.21. The van der Waals surface area contributed by atoms with Crippen LogP contribution in [0.25, 0.3) is 0 Å². The molecule has 166 valence electrons. The number of carbonyl (C=O) groups excluding carboxylic acids is 4. The lowest BCUT2D eigenvalue weighted by atomic mass is 10.0. The van der Waals surface area contributed by atoms with Gasteiger partial charge in [-0.1, -0.05) is 6.92 Å². The van der Waals surface area contributed by atoms with Crippen molar-refractivity contribution in [3.63, 3.8) is 0 Å². The molecular formula is C23H30N4O4. The van der Waals surface area contributed by atoms with Crippen LogP contribution in [0.3, 0.4) is 0 Å². The van der Waals surface area contributed by atoms with Crippen molar-refractivity contribution in [1.29, 1.82) is 0 Å². The number of hydrogen-bond donors (Lipinski definition) is 3. The van der Waals surface area contributed by atoms with E-state index < -0.39 is 6.04 Å². The molecule has 0 bridgehead atoms. The van der Waals surface area contributed by atoms with E-state index in [4.69, 9.17) is 0 Å². The van der Waals surface area contributed by atoms with Gasteiger partial charge in [-0.05, 0) is 64.1 Å². The van der Waals surface area contributed by atoms with Crippen molar-refractivity contribution in [2.75, 3.05) is 23.7 Å². The van der Waals surface area contributed by atoms with E-state index in [2.05, 4.69) is 15.6 Å². The van der Waals surface area contributed by atoms with Gasteiger partial charge in [0.05, 0.1) is 18.3 Å². The zero-order valence-corrected chi connectivity index (χ0v) is 18.9. The third-order valence-corrected chi connectivity index (χ3v) is 5.21. The maximum atomic E-state index is 13.1. The van der Waals surface area contributed by atoms with Crippen molar-refractivity contribution >= 4 is 34.8 Å². The minimum absolute atomic E-state index is 0.0369. The van der Waals surface area contributed by atoms with Gasteiger partial charge in [0.1, 0.15) is 0 Å². The predicted molar refractivity (Wildman–Crippen MR) is 121 cm³/mol. The summed E-state index contributed by atoms with van der Waals surface area (Å²) in [5.41, 5.74) is 3.49. The first-order valence-corrected chi connectivity index (χ1v) is 10.2. The first-order valence-electron chi connectivity index (χ1n) is 10.2.